The molecule has 1 atom stereocenters. The van der Waals surface area contributed by atoms with Crippen LogP contribution in [0.4, 0.5) is 4.79 Å². The van der Waals surface area contributed by atoms with Crippen LogP contribution in [0.5, 0.6) is 0 Å². The average Bonchev–Trinajstić information content (AvgIpc) is 2.91. The SMILES string of the molecule is C=CCC(NC(=O)NCCC(=O)N1CCCC1)C(=O)O. The molecule has 0 bridgehead atoms. The Labute approximate surface area is 118 Å². The van der Waals surface area contributed by atoms with Gasteiger partial charge in [0.15, 0.2) is 0 Å². The summed E-state index contributed by atoms with van der Waals surface area (Å²) in [6, 6.07) is -1.59. The van der Waals surface area contributed by atoms with Crippen LogP contribution in [0.1, 0.15) is 25.7 Å². The van der Waals surface area contributed by atoms with Gasteiger partial charge in [-0.25, -0.2) is 9.59 Å². The monoisotopic (exact) mass is 283 g/mol. The number of rotatable bonds is 7. The lowest BCUT2D eigenvalue weighted by atomic mass is 10.2. The number of likely N-dealkylation sites (tertiary alicyclic amines) is 1. The van der Waals surface area contributed by atoms with Crippen molar-refractivity contribution >= 4 is 17.9 Å². The van der Waals surface area contributed by atoms with Gasteiger partial charge >= 0.3 is 12.0 Å². The number of aliphatic carboxylic acids is 1. The van der Waals surface area contributed by atoms with E-state index >= 15 is 0 Å². The zero-order valence-electron chi connectivity index (χ0n) is 11.4. The molecule has 1 saturated heterocycles. The van der Waals surface area contributed by atoms with Crippen LogP contribution >= 0.6 is 0 Å². The maximum atomic E-state index is 11.7. The van der Waals surface area contributed by atoms with Gasteiger partial charge in [0.1, 0.15) is 6.04 Å². The van der Waals surface area contributed by atoms with Crippen molar-refractivity contribution in [2.75, 3.05) is 19.6 Å². The summed E-state index contributed by atoms with van der Waals surface area (Å²) in [6.07, 6.45) is 3.86. The average molecular weight is 283 g/mol. The fourth-order valence-electron chi connectivity index (χ4n) is 2.01. The van der Waals surface area contributed by atoms with Gasteiger partial charge in [-0.15, -0.1) is 6.58 Å². The molecule has 7 nitrogen and oxygen atoms in total. The number of carbonyl (C=O) groups excluding carboxylic acids is 2. The maximum absolute atomic E-state index is 11.7. The van der Waals surface area contributed by atoms with E-state index in [0.717, 1.165) is 25.9 Å². The molecule has 7 heteroatoms. The molecule has 1 aliphatic rings. The number of carboxylic acids is 1. The first-order valence-corrected chi connectivity index (χ1v) is 6.70. The van der Waals surface area contributed by atoms with Gasteiger partial charge in [-0.2, -0.15) is 0 Å². The van der Waals surface area contributed by atoms with E-state index in [9.17, 15) is 14.4 Å². The van der Waals surface area contributed by atoms with Gasteiger partial charge in [-0.1, -0.05) is 6.08 Å². The van der Waals surface area contributed by atoms with E-state index in [0.29, 0.717) is 0 Å². The molecule has 0 aliphatic carbocycles. The highest BCUT2D eigenvalue weighted by molar-refractivity contribution is 5.83. The first kappa shape index (κ1) is 16.0. The Balaban J connectivity index is 2.23. The molecule has 1 unspecified atom stereocenters. The van der Waals surface area contributed by atoms with Gasteiger partial charge in [-0.05, 0) is 19.3 Å². The predicted octanol–water partition coefficient (Wildman–Crippen LogP) is 0.327. The summed E-state index contributed by atoms with van der Waals surface area (Å²) in [7, 11) is 0. The van der Waals surface area contributed by atoms with Crippen LogP contribution in [0.15, 0.2) is 12.7 Å². The molecule has 0 radical (unpaired) electrons. The molecule has 0 aromatic carbocycles. The molecule has 112 valence electrons. The maximum Gasteiger partial charge on any atom is 0.326 e. The van der Waals surface area contributed by atoms with E-state index in [1.807, 2.05) is 0 Å². The predicted molar refractivity (Wildman–Crippen MR) is 73.2 cm³/mol. The molecule has 0 saturated carbocycles. The van der Waals surface area contributed by atoms with Crippen molar-refractivity contribution in [2.24, 2.45) is 0 Å². The van der Waals surface area contributed by atoms with Crippen molar-refractivity contribution in [2.45, 2.75) is 31.7 Å². The van der Waals surface area contributed by atoms with Gasteiger partial charge in [0, 0.05) is 26.1 Å². The normalized spacial score (nSPS) is 15.5. The Bertz CT molecular complexity index is 378. The number of hydrogen-bond donors (Lipinski definition) is 3. The number of nitrogens with zero attached hydrogens (tertiary/aromatic N) is 1. The lowest BCUT2D eigenvalue weighted by Gasteiger charge is -2.16. The molecular weight excluding hydrogens is 262 g/mol. The summed E-state index contributed by atoms with van der Waals surface area (Å²) in [6.45, 7) is 5.20. The summed E-state index contributed by atoms with van der Waals surface area (Å²) in [5, 5.41) is 13.7. The van der Waals surface area contributed by atoms with Crippen molar-refractivity contribution in [1.82, 2.24) is 15.5 Å². The minimum absolute atomic E-state index is 0.0173. The molecular formula is C13H21N3O4. The zero-order chi connectivity index (χ0) is 15.0. The van der Waals surface area contributed by atoms with E-state index in [1.165, 1.54) is 6.08 Å². The Morgan fingerprint density at radius 3 is 2.50 bits per heavy atom. The number of urea groups is 1. The molecule has 1 heterocycles. The molecule has 1 fully saturated rings. The number of amides is 3. The second-order valence-corrected chi connectivity index (χ2v) is 4.65. The fraction of sp³-hybridized carbons (Fsp3) is 0.615. The second-order valence-electron chi connectivity index (χ2n) is 4.65. The first-order chi connectivity index (χ1) is 9.54. The van der Waals surface area contributed by atoms with Crippen LogP contribution in [0.3, 0.4) is 0 Å². The topological polar surface area (TPSA) is 98.7 Å². The van der Waals surface area contributed by atoms with Gasteiger partial charge < -0.3 is 20.6 Å². The first-order valence-electron chi connectivity index (χ1n) is 6.70. The van der Waals surface area contributed by atoms with Crippen molar-refractivity contribution < 1.29 is 19.5 Å². The lowest BCUT2D eigenvalue weighted by Crippen LogP contribution is -2.46. The number of carbonyl (C=O) groups is 3. The highest BCUT2D eigenvalue weighted by Crippen LogP contribution is 2.08. The number of hydrogen-bond acceptors (Lipinski definition) is 3. The summed E-state index contributed by atoms with van der Waals surface area (Å²) >= 11 is 0. The Hall–Kier alpha value is -2.05. The molecule has 20 heavy (non-hydrogen) atoms. The lowest BCUT2D eigenvalue weighted by molar-refractivity contribution is -0.139. The standard InChI is InChI=1S/C13H21N3O4/c1-2-5-10(12(18)19)15-13(20)14-7-6-11(17)16-8-3-4-9-16/h2,10H,1,3-9H2,(H,18,19)(H2,14,15,20). The zero-order valence-corrected chi connectivity index (χ0v) is 11.4. The van der Waals surface area contributed by atoms with Gasteiger partial charge in [0.05, 0.1) is 0 Å². The van der Waals surface area contributed by atoms with Crippen LogP contribution in [0.2, 0.25) is 0 Å². The molecule has 0 aromatic heterocycles. The minimum Gasteiger partial charge on any atom is -0.480 e. The number of nitrogens with one attached hydrogen (secondary N) is 2. The summed E-state index contributed by atoms with van der Waals surface area (Å²) in [5.41, 5.74) is 0. The summed E-state index contributed by atoms with van der Waals surface area (Å²) in [4.78, 5) is 35.8. The van der Waals surface area contributed by atoms with Gasteiger partial charge in [0.25, 0.3) is 0 Å². The third kappa shape index (κ3) is 5.29. The minimum atomic E-state index is -1.12. The molecule has 1 aliphatic heterocycles. The van der Waals surface area contributed by atoms with E-state index in [2.05, 4.69) is 17.2 Å². The van der Waals surface area contributed by atoms with Crippen molar-refractivity contribution in [3.05, 3.63) is 12.7 Å². The highest BCUT2D eigenvalue weighted by Gasteiger charge is 2.19. The second kappa shape index (κ2) is 8.19. The third-order valence-electron chi connectivity index (χ3n) is 3.09. The fourth-order valence-corrected chi connectivity index (χ4v) is 2.01. The smallest absolute Gasteiger partial charge is 0.326 e. The van der Waals surface area contributed by atoms with Crippen LogP contribution < -0.4 is 10.6 Å². The van der Waals surface area contributed by atoms with Crippen LogP contribution in [0, 0.1) is 0 Å². The summed E-state index contributed by atoms with van der Waals surface area (Å²) < 4.78 is 0. The number of carboxylic acid groups (broad SMARTS) is 1. The van der Waals surface area contributed by atoms with Crippen molar-refractivity contribution in [3.63, 3.8) is 0 Å². The van der Waals surface area contributed by atoms with Crippen LogP contribution in [-0.2, 0) is 9.59 Å². The van der Waals surface area contributed by atoms with E-state index in [1.54, 1.807) is 4.90 Å². The van der Waals surface area contributed by atoms with Gasteiger partial charge in [0.2, 0.25) is 5.91 Å². The molecule has 0 aromatic rings. The Morgan fingerprint density at radius 2 is 1.95 bits per heavy atom. The van der Waals surface area contributed by atoms with E-state index in [-0.39, 0.29) is 25.3 Å². The van der Waals surface area contributed by atoms with E-state index < -0.39 is 18.0 Å². The highest BCUT2D eigenvalue weighted by atomic mass is 16.4. The molecule has 3 N–H and O–H groups in total. The van der Waals surface area contributed by atoms with Gasteiger partial charge in [-0.3, -0.25) is 4.79 Å². The third-order valence-corrected chi connectivity index (χ3v) is 3.09. The van der Waals surface area contributed by atoms with Crippen LogP contribution in [-0.4, -0.2) is 53.6 Å². The molecule has 1 rings (SSSR count). The quantitative estimate of drug-likeness (QED) is 0.586. The Morgan fingerprint density at radius 1 is 1.30 bits per heavy atom. The van der Waals surface area contributed by atoms with Crippen LogP contribution in [0.25, 0.3) is 0 Å². The largest absolute Gasteiger partial charge is 0.480 e. The Kier molecular flexibility index (Phi) is 6.55. The van der Waals surface area contributed by atoms with Crippen molar-refractivity contribution in [1.29, 1.82) is 0 Å². The van der Waals surface area contributed by atoms with Crippen molar-refractivity contribution in [3.8, 4) is 0 Å². The van der Waals surface area contributed by atoms with E-state index in [4.69, 9.17) is 5.11 Å². The molecule has 3 amide bonds. The molecule has 0 spiro atoms. The summed E-state index contributed by atoms with van der Waals surface area (Å²) in [5.74, 6) is -1.10.